The lowest BCUT2D eigenvalue weighted by Crippen LogP contribution is -2.43. The molecule has 3 heterocycles. The Morgan fingerprint density at radius 2 is 2.07 bits per heavy atom. The monoisotopic (exact) mass is 421 g/mol. The van der Waals surface area contributed by atoms with E-state index in [4.69, 9.17) is 4.52 Å². The molecule has 4 rings (SSSR count). The number of hydrogen-bond donors (Lipinski definition) is 0. The minimum absolute atomic E-state index is 0.0154. The first-order chi connectivity index (χ1) is 13.8. The third-order valence-electron chi connectivity index (χ3n) is 5.87. The van der Waals surface area contributed by atoms with E-state index in [9.17, 15) is 17.6 Å². The molecule has 0 spiro atoms. The van der Waals surface area contributed by atoms with Gasteiger partial charge in [-0.2, -0.15) is 4.31 Å². The summed E-state index contributed by atoms with van der Waals surface area (Å²) in [5.74, 6) is -0.0544. The number of sulfonamides is 1. The molecule has 0 bridgehead atoms. The van der Waals surface area contributed by atoms with Gasteiger partial charge >= 0.3 is 0 Å². The van der Waals surface area contributed by atoms with Gasteiger partial charge in [0.25, 0.3) is 0 Å². The summed E-state index contributed by atoms with van der Waals surface area (Å²) in [6.45, 7) is 4.04. The molecule has 1 amide bonds. The van der Waals surface area contributed by atoms with E-state index in [1.807, 2.05) is 0 Å². The average Bonchev–Trinajstić information content (AvgIpc) is 3.20. The molecule has 9 heteroatoms. The largest absolute Gasteiger partial charge is 0.360 e. The molecular formula is C20H24FN3O4S. The number of likely N-dealkylation sites (tertiary alicyclic amines) is 1. The van der Waals surface area contributed by atoms with E-state index in [2.05, 4.69) is 5.16 Å². The highest BCUT2D eigenvalue weighted by atomic mass is 32.2. The number of aryl methyl sites for hydroxylation is 2. The van der Waals surface area contributed by atoms with Crippen LogP contribution in [0.4, 0.5) is 4.39 Å². The van der Waals surface area contributed by atoms with Crippen molar-refractivity contribution >= 4 is 15.9 Å². The summed E-state index contributed by atoms with van der Waals surface area (Å²) in [7, 11) is -3.77. The Labute approximate surface area is 169 Å². The van der Waals surface area contributed by atoms with Crippen molar-refractivity contribution in [2.75, 3.05) is 13.1 Å². The lowest BCUT2D eigenvalue weighted by Gasteiger charge is -2.30. The molecule has 2 aromatic rings. The molecular weight excluding hydrogens is 397 g/mol. The molecule has 29 heavy (non-hydrogen) atoms. The molecule has 0 unspecified atom stereocenters. The van der Waals surface area contributed by atoms with Crippen molar-refractivity contribution in [3.63, 3.8) is 0 Å². The first-order valence-corrected chi connectivity index (χ1v) is 11.2. The lowest BCUT2D eigenvalue weighted by molar-refractivity contribution is -0.133. The van der Waals surface area contributed by atoms with Crippen molar-refractivity contribution in [1.82, 2.24) is 14.4 Å². The molecule has 2 atom stereocenters. The molecule has 0 saturated carbocycles. The second kappa shape index (κ2) is 7.53. The van der Waals surface area contributed by atoms with Crippen LogP contribution in [0.5, 0.6) is 0 Å². The molecule has 1 aromatic carbocycles. The van der Waals surface area contributed by atoms with Crippen molar-refractivity contribution in [2.24, 2.45) is 5.92 Å². The Morgan fingerprint density at radius 1 is 1.28 bits per heavy atom. The maximum Gasteiger partial charge on any atom is 0.248 e. The predicted molar refractivity (Wildman–Crippen MR) is 103 cm³/mol. The van der Waals surface area contributed by atoms with Gasteiger partial charge in [0.05, 0.1) is 0 Å². The first kappa shape index (κ1) is 20.0. The van der Waals surface area contributed by atoms with E-state index in [-0.39, 0.29) is 47.4 Å². The summed E-state index contributed by atoms with van der Waals surface area (Å²) in [6.07, 6.45) is 1.93. The zero-order valence-corrected chi connectivity index (χ0v) is 17.3. The Bertz CT molecular complexity index is 1020. The summed E-state index contributed by atoms with van der Waals surface area (Å²) in [5, 5.41) is 3.77. The van der Waals surface area contributed by atoms with Crippen LogP contribution >= 0.6 is 0 Å². The molecule has 0 N–H and O–H groups in total. The fourth-order valence-corrected chi connectivity index (χ4v) is 6.31. The molecule has 2 saturated heterocycles. The van der Waals surface area contributed by atoms with Gasteiger partial charge in [-0.3, -0.25) is 4.79 Å². The standard InChI is InChI=1S/C20H24FN3O4S/c1-13-20(14(2)28-22-13)29(26,27)23-11-16-6-4-8-19(25)24(18(16)12-23)10-15-5-3-7-17(21)9-15/h3,5,7,9,16,18H,4,6,8,10-12H2,1-2H3/t16-,18+/m1/s1. The van der Waals surface area contributed by atoms with Crippen molar-refractivity contribution in [3.8, 4) is 0 Å². The summed E-state index contributed by atoms with van der Waals surface area (Å²) < 4.78 is 46.6. The summed E-state index contributed by atoms with van der Waals surface area (Å²) >= 11 is 0. The van der Waals surface area contributed by atoms with Crippen LogP contribution in [0.25, 0.3) is 0 Å². The van der Waals surface area contributed by atoms with Gasteiger partial charge in [-0.05, 0) is 50.3 Å². The van der Waals surface area contributed by atoms with Gasteiger partial charge in [0.1, 0.15) is 16.4 Å². The fraction of sp³-hybridized carbons (Fsp3) is 0.500. The van der Waals surface area contributed by atoms with Crippen LogP contribution in [0.1, 0.15) is 36.3 Å². The molecule has 2 aliphatic heterocycles. The predicted octanol–water partition coefficient (Wildman–Crippen LogP) is 2.63. The number of amides is 1. The second-order valence-electron chi connectivity index (χ2n) is 7.85. The number of halogens is 1. The van der Waals surface area contributed by atoms with Gasteiger partial charge in [-0.15, -0.1) is 0 Å². The van der Waals surface area contributed by atoms with Crippen LogP contribution in [-0.4, -0.2) is 47.8 Å². The first-order valence-electron chi connectivity index (χ1n) is 9.74. The minimum Gasteiger partial charge on any atom is -0.360 e. The topological polar surface area (TPSA) is 83.7 Å². The summed E-state index contributed by atoms with van der Waals surface area (Å²) in [6, 6.07) is 5.95. The Hall–Kier alpha value is -2.26. The maximum atomic E-state index is 13.6. The molecule has 0 radical (unpaired) electrons. The molecule has 2 aliphatic rings. The second-order valence-corrected chi connectivity index (χ2v) is 9.72. The van der Waals surface area contributed by atoms with Gasteiger partial charge in [-0.1, -0.05) is 17.3 Å². The lowest BCUT2D eigenvalue weighted by atomic mass is 9.98. The SMILES string of the molecule is Cc1noc(C)c1S(=O)(=O)N1C[C@H]2CCCC(=O)N(Cc3cccc(F)c3)[C@H]2C1. The number of aromatic nitrogens is 1. The zero-order valence-electron chi connectivity index (χ0n) is 16.5. The molecule has 0 aliphatic carbocycles. The zero-order chi connectivity index (χ0) is 20.8. The van der Waals surface area contributed by atoms with E-state index < -0.39 is 10.0 Å². The Kier molecular flexibility index (Phi) is 5.20. The Balaban J connectivity index is 1.62. The maximum absolute atomic E-state index is 13.6. The van der Waals surface area contributed by atoms with Crippen LogP contribution < -0.4 is 0 Å². The van der Waals surface area contributed by atoms with E-state index in [1.165, 1.54) is 16.4 Å². The third-order valence-corrected chi connectivity index (χ3v) is 7.94. The van der Waals surface area contributed by atoms with E-state index in [0.717, 1.165) is 12.8 Å². The van der Waals surface area contributed by atoms with Gasteiger partial charge < -0.3 is 9.42 Å². The average molecular weight is 421 g/mol. The summed E-state index contributed by atoms with van der Waals surface area (Å²) in [5.41, 5.74) is 1.04. The summed E-state index contributed by atoms with van der Waals surface area (Å²) in [4.78, 5) is 14.6. The highest BCUT2D eigenvalue weighted by molar-refractivity contribution is 7.89. The minimum atomic E-state index is -3.77. The van der Waals surface area contributed by atoms with E-state index in [1.54, 1.807) is 30.9 Å². The highest BCUT2D eigenvalue weighted by Crippen LogP contribution is 2.35. The van der Waals surface area contributed by atoms with Crippen molar-refractivity contribution in [1.29, 1.82) is 0 Å². The van der Waals surface area contributed by atoms with Crippen molar-refractivity contribution in [2.45, 2.75) is 50.6 Å². The molecule has 156 valence electrons. The number of rotatable bonds is 4. The number of carbonyl (C=O) groups is 1. The number of fused-ring (bicyclic) bond motifs is 1. The van der Waals surface area contributed by atoms with Gasteiger partial charge in [-0.25, -0.2) is 12.8 Å². The van der Waals surface area contributed by atoms with Crippen LogP contribution in [-0.2, 0) is 21.4 Å². The van der Waals surface area contributed by atoms with E-state index >= 15 is 0 Å². The van der Waals surface area contributed by atoms with Crippen LogP contribution in [0, 0.1) is 25.6 Å². The number of benzene rings is 1. The number of carbonyl (C=O) groups excluding carboxylic acids is 1. The quantitative estimate of drug-likeness (QED) is 0.758. The fourth-order valence-electron chi connectivity index (χ4n) is 4.50. The van der Waals surface area contributed by atoms with Crippen LogP contribution in [0.3, 0.4) is 0 Å². The smallest absolute Gasteiger partial charge is 0.248 e. The van der Waals surface area contributed by atoms with Crippen molar-refractivity contribution < 1.29 is 22.1 Å². The number of nitrogens with zero attached hydrogens (tertiary/aromatic N) is 3. The molecule has 1 aromatic heterocycles. The number of hydrogen-bond acceptors (Lipinski definition) is 5. The van der Waals surface area contributed by atoms with Gasteiger partial charge in [0.15, 0.2) is 5.76 Å². The van der Waals surface area contributed by atoms with E-state index in [0.29, 0.717) is 24.2 Å². The normalized spacial score (nSPS) is 23.3. The van der Waals surface area contributed by atoms with Crippen molar-refractivity contribution in [3.05, 3.63) is 47.1 Å². The van der Waals surface area contributed by atoms with Gasteiger partial charge in [0.2, 0.25) is 15.9 Å². The highest BCUT2D eigenvalue weighted by Gasteiger charge is 2.45. The molecule has 7 nitrogen and oxygen atoms in total. The van der Waals surface area contributed by atoms with Crippen LogP contribution in [0.15, 0.2) is 33.7 Å². The third kappa shape index (κ3) is 3.69. The Morgan fingerprint density at radius 3 is 2.76 bits per heavy atom. The van der Waals surface area contributed by atoms with Crippen LogP contribution in [0.2, 0.25) is 0 Å². The van der Waals surface area contributed by atoms with Gasteiger partial charge in [0, 0.05) is 32.1 Å². The molecule has 2 fully saturated rings.